The van der Waals surface area contributed by atoms with E-state index < -0.39 is 0 Å². The first-order chi connectivity index (χ1) is 7.46. The van der Waals surface area contributed by atoms with Gasteiger partial charge < -0.3 is 10.4 Å². The van der Waals surface area contributed by atoms with Gasteiger partial charge in [0.1, 0.15) is 5.75 Å². The van der Waals surface area contributed by atoms with Crippen LogP contribution in [0.1, 0.15) is 24.2 Å². The summed E-state index contributed by atoms with van der Waals surface area (Å²) in [5.74, 6) is 0.175. The number of hydrogen-bond donors (Lipinski definition) is 2. The van der Waals surface area contributed by atoms with E-state index in [1.165, 1.54) is 6.07 Å². The summed E-state index contributed by atoms with van der Waals surface area (Å²) in [5.41, 5.74) is 0.134. The number of halogens is 1. The van der Waals surface area contributed by atoms with Crippen LogP contribution in [0.15, 0.2) is 24.3 Å². The Morgan fingerprint density at radius 2 is 2.06 bits per heavy atom. The lowest BCUT2D eigenvalue weighted by atomic mass is 9.96. The Balaban J connectivity index is 2.64. The van der Waals surface area contributed by atoms with Gasteiger partial charge in [0, 0.05) is 12.4 Å². The van der Waals surface area contributed by atoms with Crippen LogP contribution in [0, 0.1) is 5.41 Å². The Bertz CT molecular complexity index is 377. The zero-order valence-electron chi connectivity index (χ0n) is 9.46. The van der Waals surface area contributed by atoms with Gasteiger partial charge >= 0.3 is 0 Å². The highest BCUT2D eigenvalue weighted by atomic mass is 35.5. The first-order valence-corrected chi connectivity index (χ1v) is 5.62. The summed E-state index contributed by atoms with van der Waals surface area (Å²) >= 11 is 5.75. The molecule has 16 heavy (non-hydrogen) atoms. The van der Waals surface area contributed by atoms with Gasteiger partial charge in [0.05, 0.1) is 5.56 Å². The molecule has 1 amide bonds. The highest BCUT2D eigenvalue weighted by Crippen LogP contribution is 2.18. The van der Waals surface area contributed by atoms with Crippen molar-refractivity contribution in [2.75, 3.05) is 12.4 Å². The monoisotopic (exact) mass is 241 g/mol. The molecule has 0 unspecified atom stereocenters. The van der Waals surface area contributed by atoms with Crippen molar-refractivity contribution in [1.29, 1.82) is 0 Å². The number of amides is 1. The topological polar surface area (TPSA) is 49.3 Å². The van der Waals surface area contributed by atoms with Crippen LogP contribution in [0.4, 0.5) is 0 Å². The fraction of sp³-hybridized carbons (Fsp3) is 0.417. The van der Waals surface area contributed by atoms with Gasteiger partial charge in [-0.05, 0) is 17.5 Å². The van der Waals surface area contributed by atoms with Crippen molar-refractivity contribution >= 4 is 17.5 Å². The molecule has 1 rings (SSSR count). The van der Waals surface area contributed by atoms with E-state index >= 15 is 0 Å². The van der Waals surface area contributed by atoms with Crippen molar-refractivity contribution < 1.29 is 9.90 Å². The third-order valence-electron chi connectivity index (χ3n) is 2.24. The molecule has 0 aliphatic carbocycles. The molecule has 2 N–H and O–H groups in total. The quantitative estimate of drug-likeness (QED) is 0.796. The molecule has 88 valence electrons. The molecule has 3 nitrogen and oxygen atoms in total. The molecule has 0 saturated carbocycles. The van der Waals surface area contributed by atoms with Crippen LogP contribution < -0.4 is 5.32 Å². The number of alkyl halides is 1. The molecule has 0 saturated heterocycles. The zero-order valence-corrected chi connectivity index (χ0v) is 10.2. The maximum Gasteiger partial charge on any atom is 0.255 e. The lowest BCUT2D eigenvalue weighted by molar-refractivity contribution is 0.0937. The molecular formula is C12H16ClNO2. The summed E-state index contributed by atoms with van der Waals surface area (Å²) in [6.45, 7) is 4.40. The minimum atomic E-state index is -0.281. The van der Waals surface area contributed by atoms with E-state index in [2.05, 4.69) is 5.32 Å². The van der Waals surface area contributed by atoms with Crippen LogP contribution in [0.5, 0.6) is 5.75 Å². The number of aromatic hydroxyl groups is 1. The third kappa shape index (κ3) is 3.42. The average molecular weight is 242 g/mol. The molecule has 0 heterocycles. The van der Waals surface area contributed by atoms with Gasteiger partial charge in [0.15, 0.2) is 0 Å². The summed E-state index contributed by atoms with van der Waals surface area (Å²) in [6, 6.07) is 6.45. The van der Waals surface area contributed by atoms with Crippen molar-refractivity contribution in [1.82, 2.24) is 5.32 Å². The number of carbonyl (C=O) groups excluding carboxylic acids is 1. The van der Waals surface area contributed by atoms with E-state index in [9.17, 15) is 9.90 Å². The Morgan fingerprint density at radius 3 is 2.62 bits per heavy atom. The van der Waals surface area contributed by atoms with Crippen molar-refractivity contribution in [3.8, 4) is 5.75 Å². The smallest absolute Gasteiger partial charge is 0.255 e. The average Bonchev–Trinajstić information content (AvgIpc) is 2.27. The van der Waals surface area contributed by atoms with Crippen LogP contribution in [-0.2, 0) is 0 Å². The standard InChI is InChI=1S/C12H16ClNO2/c1-12(2,7-13)8-14-11(16)9-5-3-4-6-10(9)15/h3-6,15H,7-8H2,1-2H3,(H,14,16). The van der Waals surface area contributed by atoms with Crippen molar-refractivity contribution in [2.45, 2.75) is 13.8 Å². The van der Waals surface area contributed by atoms with Crippen molar-refractivity contribution in [3.05, 3.63) is 29.8 Å². The minimum Gasteiger partial charge on any atom is -0.507 e. The second-order valence-corrected chi connectivity index (χ2v) is 4.76. The largest absolute Gasteiger partial charge is 0.507 e. The fourth-order valence-corrected chi connectivity index (χ4v) is 1.22. The maximum atomic E-state index is 11.7. The molecule has 0 fully saturated rings. The highest BCUT2D eigenvalue weighted by Gasteiger charge is 2.18. The predicted molar refractivity (Wildman–Crippen MR) is 64.9 cm³/mol. The summed E-state index contributed by atoms with van der Waals surface area (Å²) in [5, 5.41) is 12.2. The third-order valence-corrected chi connectivity index (χ3v) is 2.96. The van der Waals surface area contributed by atoms with Crippen molar-refractivity contribution in [2.24, 2.45) is 5.41 Å². The second kappa shape index (κ2) is 5.21. The summed E-state index contributed by atoms with van der Waals surface area (Å²) in [4.78, 5) is 11.7. The zero-order chi connectivity index (χ0) is 12.2. The number of carbonyl (C=O) groups is 1. The molecule has 0 atom stereocenters. The van der Waals surface area contributed by atoms with Gasteiger partial charge in [-0.25, -0.2) is 0 Å². The number of benzene rings is 1. The van der Waals surface area contributed by atoms with Crippen molar-refractivity contribution in [3.63, 3.8) is 0 Å². The summed E-state index contributed by atoms with van der Waals surface area (Å²) < 4.78 is 0. The van der Waals surface area contributed by atoms with E-state index in [1.54, 1.807) is 18.2 Å². The van der Waals surface area contributed by atoms with Crippen LogP contribution in [0.25, 0.3) is 0 Å². The van der Waals surface area contributed by atoms with Gasteiger partial charge in [-0.3, -0.25) is 4.79 Å². The van der Waals surface area contributed by atoms with E-state index in [4.69, 9.17) is 11.6 Å². The summed E-state index contributed by atoms with van der Waals surface area (Å²) in [7, 11) is 0. The van der Waals surface area contributed by atoms with Gasteiger partial charge in [-0.1, -0.05) is 26.0 Å². The Hall–Kier alpha value is -1.22. The predicted octanol–water partition coefficient (Wildman–Crippen LogP) is 2.39. The molecule has 1 aromatic rings. The SMILES string of the molecule is CC(C)(CCl)CNC(=O)c1ccccc1O. The molecule has 0 aromatic heterocycles. The van der Waals surface area contributed by atoms with Crippen LogP contribution in [0.2, 0.25) is 0 Å². The minimum absolute atomic E-state index is 0.0105. The van der Waals surface area contributed by atoms with Crippen LogP contribution in [0.3, 0.4) is 0 Å². The van der Waals surface area contributed by atoms with Gasteiger partial charge in [-0.15, -0.1) is 11.6 Å². The first kappa shape index (κ1) is 12.8. The normalized spacial score (nSPS) is 11.2. The van der Waals surface area contributed by atoms with E-state index in [0.29, 0.717) is 12.4 Å². The van der Waals surface area contributed by atoms with Crippen LogP contribution in [-0.4, -0.2) is 23.4 Å². The van der Waals surface area contributed by atoms with Gasteiger partial charge in [-0.2, -0.15) is 0 Å². The Kier molecular flexibility index (Phi) is 4.19. The molecule has 0 aliphatic heterocycles. The van der Waals surface area contributed by atoms with E-state index in [0.717, 1.165) is 0 Å². The number of hydrogen-bond acceptors (Lipinski definition) is 2. The molecule has 1 aromatic carbocycles. The lowest BCUT2D eigenvalue weighted by Gasteiger charge is -2.21. The highest BCUT2D eigenvalue weighted by molar-refractivity contribution is 6.18. The second-order valence-electron chi connectivity index (χ2n) is 4.50. The summed E-state index contributed by atoms with van der Waals surface area (Å²) in [6.07, 6.45) is 0. The number of nitrogens with one attached hydrogen (secondary N) is 1. The Morgan fingerprint density at radius 1 is 1.44 bits per heavy atom. The molecule has 0 bridgehead atoms. The number of phenols is 1. The van der Waals surface area contributed by atoms with E-state index in [-0.39, 0.29) is 22.6 Å². The Labute approximate surface area is 100 Å². The number of rotatable bonds is 4. The number of para-hydroxylation sites is 1. The fourth-order valence-electron chi connectivity index (χ4n) is 1.13. The lowest BCUT2D eigenvalue weighted by Crippen LogP contribution is -2.35. The van der Waals surface area contributed by atoms with E-state index in [1.807, 2.05) is 13.8 Å². The molecule has 4 heteroatoms. The molecule has 0 radical (unpaired) electrons. The molecular weight excluding hydrogens is 226 g/mol. The maximum absolute atomic E-state index is 11.7. The molecule has 0 aliphatic rings. The van der Waals surface area contributed by atoms with Gasteiger partial charge in [0.25, 0.3) is 5.91 Å². The van der Waals surface area contributed by atoms with Crippen LogP contribution >= 0.6 is 11.6 Å². The first-order valence-electron chi connectivity index (χ1n) is 5.08. The molecule has 0 spiro atoms. The number of phenolic OH excluding ortho intramolecular Hbond substituents is 1. The van der Waals surface area contributed by atoms with Gasteiger partial charge in [0.2, 0.25) is 0 Å².